The second-order valence-corrected chi connectivity index (χ2v) is 9.23. The number of piperidine rings is 1. The predicted octanol–water partition coefficient (Wildman–Crippen LogP) is 0.600. The molecule has 0 radical (unpaired) electrons. The van der Waals surface area contributed by atoms with Gasteiger partial charge in [-0.15, -0.1) is 0 Å². The van der Waals surface area contributed by atoms with Crippen LogP contribution < -0.4 is 10.9 Å². The molecule has 2 aromatic rings. The summed E-state index contributed by atoms with van der Waals surface area (Å²) >= 11 is 0. The second kappa shape index (κ2) is 7.17. The first-order valence-corrected chi connectivity index (χ1v) is 10.9. The predicted molar refractivity (Wildman–Crippen MR) is 98.8 cm³/mol. The maximum Gasteiger partial charge on any atom is 0.259 e. The van der Waals surface area contributed by atoms with E-state index in [1.165, 1.54) is 4.31 Å². The molecule has 0 spiro atoms. The number of fused-ring (bicyclic) bond motifs is 1. The lowest BCUT2D eigenvalue weighted by Gasteiger charge is -2.29. The van der Waals surface area contributed by atoms with Gasteiger partial charge < -0.3 is 14.8 Å². The van der Waals surface area contributed by atoms with Crippen molar-refractivity contribution in [2.45, 2.75) is 38.6 Å². The maximum absolute atomic E-state index is 12.4. The molecule has 0 unspecified atom stereocenters. The van der Waals surface area contributed by atoms with Crippen LogP contribution in [-0.2, 0) is 23.0 Å². The summed E-state index contributed by atoms with van der Waals surface area (Å²) in [4.78, 5) is 19.7. The van der Waals surface area contributed by atoms with Gasteiger partial charge in [0.25, 0.3) is 5.56 Å². The lowest BCUT2D eigenvalue weighted by molar-refractivity contribution is 0.271. The van der Waals surface area contributed by atoms with Gasteiger partial charge in [0.2, 0.25) is 21.7 Å². The third kappa shape index (κ3) is 3.56. The van der Waals surface area contributed by atoms with Gasteiger partial charge in [-0.3, -0.25) is 4.79 Å². The zero-order valence-corrected chi connectivity index (χ0v) is 16.0. The van der Waals surface area contributed by atoms with Crippen LogP contribution in [-0.4, -0.2) is 53.2 Å². The largest absolute Gasteiger partial charge is 0.339 e. The van der Waals surface area contributed by atoms with Crippen LogP contribution in [0, 0.1) is 0 Å². The Balaban J connectivity index is 1.52. The highest BCUT2D eigenvalue weighted by molar-refractivity contribution is 7.89. The molecule has 2 aliphatic rings. The van der Waals surface area contributed by atoms with E-state index in [9.17, 15) is 13.2 Å². The van der Waals surface area contributed by atoms with Crippen molar-refractivity contribution in [3.63, 3.8) is 0 Å². The van der Waals surface area contributed by atoms with Crippen LogP contribution in [0.5, 0.6) is 0 Å². The smallest absolute Gasteiger partial charge is 0.259 e. The van der Waals surface area contributed by atoms with Crippen molar-refractivity contribution in [2.75, 3.05) is 25.4 Å². The van der Waals surface area contributed by atoms with Crippen LogP contribution in [0.4, 0.5) is 0 Å². The highest BCUT2D eigenvalue weighted by Crippen LogP contribution is 2.29. The number of pyridine rings is 1. The molecule has 2 N–H and O–H groups in total. The summed E-state index contributed by atoms with van der Waals surface area (Å²) in [6.07, 6.45) is 2.05. The molecule has 1 saturated heterocycles. The van der Waals surface area contributed by atoms with Crippen molar-refractivity contribution in [1.29, 1.82) is 0 Å². The first-order valence-electron chi connectivity index (χ1n) is 9.25. The van der Waals surface area contributed by atoms with Gasteiger partial charge in [0.05, 0.1) is 11.3 Å². The SMILES string of the molecule is CCS(=O)(=O)N1CCC(c2nc(-c3cc4c([nH]c3=O)CCNC4)no2)CC1. The molecule has 4 heterocycles. The second-order valence-electron chi connectivity index (χ2n) is 6.97. The van der Waals surface area contributed by atoms with E-state index in [1.807, 2.05) is 6.07 Å². The van der Waals surface area contributed by atoms with E-state index in [1.54, 1.807) is 6.92 Å². The van der Waals surface area contributed by atoms with Crippen LogP contribution >= 0.6 is 0 Å². The van der Waals surface area contributed by atoms with E-state index in [2.05, 4.69) is 20.4 Å². The number of nitrogens with one attached hydrogen (secondary N) is 2. The Bertz CT molecular complexity index is 989. The standard InChI is InChI=1S/C17H23N5O4S/c1-2-27(24,25)22-7-4-11(5-8-22)17-20-15(21-26-17)13-9-12-10-18-6-3-14(12)19-16(13)23/h9,11,18H,2-8,10H2,1H3,(H,19,23). The highest BCUT2D eigenvalue weighted by Gasteiger charge is 2.30. The number of rotatable bonds is 4. The molecular formula is C17H23N5O4S. The quantitative estimate of drug-likeness (QED) is 0.780. The number of hydrogen-bond acceptors (Lipinski definition) is 7. The molecule has 2 aromatic heterocycles. The van der Waals surface area contributed by atoms with Gasteiger partial charge in [0.1, 0.15) is 0 Å². The summed E-state index contributed by atoms with van der Waals surface area (Å²) in [7, 11) is -3.16. The summed E-state index contributed by atoms with van der Waals surface area (Å²) < 4.78 is 30.9. The Hall–Kier alpha value is -2.04. The molecule has 0 amide bonds. The van der Waals surface area contributed by atoms with Gasteiger partial charge in [0.15, 0.2) is 0 Å². The Kier molecular flexibility index (Phi) is 4.87. The number of hydrogen-bond donors (Lipinski definition) is 2. The average Bonchev–Trinajstić information content (AvgIpc) is 3.17. The van der Waals surface area contributed by atoms with Crippen molar-refractivity contribution in [2.24, 2.45) is 0 Å². The molecule has 9 nitrogen and oxygen atoms in total. The Morgan fingerprint density at radius 1 is 1.33 bits per heavy atom. The van der Waals surface area contributed by atoms with E-state index >= 15 is 0 Å². The molecule has 10 heteroatoms. The zero-order valence-electron chi connectivity index (χ0n) is 15.2. The van der Waals surface area contributed by atoms with Gasteiger partial charge in [-0.2, -0.15) is 4.98 Å². The third-order valence-electron chi connectivity index (χ3n) is 5.33. The zero-order chi connectivity index (χ0) is 19.0. The molecule has 2 aliphatic heterocycles. The Morgan fingerprint density at radius 2 is 2.11 bits per heavy atom. The van der Waals surface area contributed by atoms with Crippen LogP contribution in [0.15, 0.2) is 15.4 Å². The number of nitrogens with zero attached hydrogens (tertiary/aromatic N) is 3. The fourth-order valence-electron chi connectivity index (χ4n) is 3.67. The fraction of sp³-hybridized carbons (Fsp3) is 0.588. The van der Waals surface area contributed by atoms with E-state index < -0.39 is 10.0 Å². The van der Waals surface area contributed by atoms with Crippen molar-refractivity contribution < 1.29 is 12.9 Å². The molecule has 0 aliphatic carbocycles. The highest BCUT2D eigenvalue weighted by atomic mass is 32.2. The van der Waals surface area contributed by atoms with E-state index in [0.29, 0.717) is 43.9 Å². The molecule has 0 bridgehead atoms. The van der Waals surface area contributed by atoms with Gasteiger partial charge in [-0.1, -0.05) is 5.16 Å². The normalized spacial score (nSPS) is 19.1. The molecular weight excluding hydrogens is 370 g/mol. The number of H-pyrrole nitrogens is 1. The summed E-state index contributed by atoms with van der Waals surface area (Å²) in [5, 5.41) is 7.27. The van der Waals surface area contributed by atoms with Crippen LogP contribution in [0.1, 0.15) is 42.8 Å². The Labute approximate surface area is 157 Å². The van der Waals surface area contributed by atoms with Gasteiger partial charge >= 0.3 is 0 Å². The van der Waals surface area contributed by atoms with Crippen molar-refractivity contribution >= 4 is 10.0 Å². The number of sulfonamides is 1. The summed E-state index contributed by atoms with van der Waals surface area (Å²) in [5.41, 5.74) is 2.18. The average molecular weight is 393 g/mol. The minimum atomic E-state index is -3.16. The van der Waals surface area contributed by atoms with E-state index in [4.69, 9.17) is 4.52 Å². The maximum atomic E-state index is 12.4. The lowest BCUT2D eigenvalue weighted by atomic mass is 9.98. The first-order chi connectivity index (χ1) is 13.0. The van der Waals surface area contributed by atoms with Crippen molar-refractivity contribution in [1.82, 2.24) is 24.7 Å². The van der Waals surface area contributed by atoms with Crippen LogP contribution in [0.25, 0.3) is 11.4 Å². The Morgan fingerprint density at radius 3 is 2.85 bits per heavy atom. The molecule has 27 heavy (non-hydrogen) atoms. The fourth-order valence-corrected chi connectivity index (χ4v) is 4.80. The molecule has 4 rings (SSSR count). The van der Waals surface area contributed by atoms with Crippen molar-refractivity contribution in [3.05, 3.63) is 33.6 Å². The first kappa shape index (κ1) is 18.3. The lowest BCUT2D eigenvalue weighted by Crippen LogP contribution is -2.38. The number of aromatic amines is 1. The minimum absolute atomic E-state index is 0.00734. The summed E-state index contributed by atoms with van der Waals surface area (Å²) in [6.45, 7) is 4.10. The molecule has 146 valence electrons. The van der Waals surface area contributed by atoms with E-state index in [0.717, 1.165) is 24.2 Å². The van der Waals surface area contributed by atoms with Crippen LogP contribution in [0.2, 0.25) is 0 Å². The van der Waals surface area contributed by atoms with Gasteiger partial charge in [-0.25, -0.2) is 12.7 Å². The summed E-state index contributed by atoms with van der Waals surface area (Å²) in [6, 6.07) is 1.82. The summed E-state index contributed by atoms with van der Waals surface area (Å²) in [5.74, 6) is 0.864. The topological polar surface area (TPSA) is 121 Å². The molecule has 1 fully saturated rings. The molecule has 0 saturated carbocycles. The third-order valence-corrected chi connectivity index (χ3v) is 7.21. The minimum Gasteiger partial charge on any atom is -0.339 e. The van der Waals surface area contributed by atoms with E-state index in [-0.39, 0.29) is 23.1 Å². The van der Waals surface area contributed by atoms with Crippen molar-refractivity contribution in [3.8, 4) is 11.4 Å². The van der Waals surface area contributed by atoms with Gasteiger partial charge in [0, 0.05) is 44.2 Å². The monoisotopic (exact) mass is 393 g/mol. The molecule has 0 aromatic carbocycles. The van der Waals surface area contributed by atoms with Crippen LogP contribution in [0.3, 0.4) is 0 Å². The van der Waals surface area contributed by atoms with Gasteiger partial charge in [-0.05, 0) is 31.4 Å². The molecule has 0 atom stereocenters. The number of aromatic nitrogens is 3.